The maximum absolute atomic E-state index is 5.53. The van der Waals surface area contributed by atoms with Crippen molar-refractivity contribution in [2.24, 2.45) is 0 Å². The molecule has 0 unspecified atom stereocenters. The Bertz CT molecular complexity index is 117. The van der Waals surface area contributed by atoms with Crippen LogP contribution in [0.4, 0.5) is 0 Å². The van der Waals surface area contributed by atoms with Crippen LogP contribution >= 0.6 is 0 Å². The molecule has 0 fully saturated rings. The van der Waals surface area contributed by atoms with Crippen LogP contribution in [-0.4, -0.2) is 8.07 Å². The molecule has 0 amide bonds. The molecular weight excluding hydrogens is 136 g/mol. The molecule has 0 aromatic rings. The Morgan fingerprint density at radius 1 is 1.20 bits per heavy atom. The summed E-state index contributed by atoms with van der Waals surface area (Å²) in [5.74, 6) is 0. The van der Waals surface area contributed by atoms with E-state index >= 15 is 0 Å². The fourth-order valence-corrected chi connectivity index (χ4v) is 4.08. The highest BCUT2D eigenvalue weighted by Crippen LogP contribution is 2.20. The Kier molecular flexibility index (Phi) is 4.47. The van der Waals surface area contributed by atoms with E-state index in [0.29, 0.717) is 0 Å². The third-order valence-electron chi connectivity index (χ3n) is 2.39. The van der Waals surface area contributed by atoms with Crippen LogP contribution in [0.3, 0.4) is 0 Å². The van der Waals surface area contributed by atoms with Crippen molar-refractivity contribution in [3.05, 3.63) is 0 Å². The van der Waals surface area contributed by atoms with Crippen LogP contribution in [0.15, 0.2) is 0 Å². The summed E-state index contributed by atoms with van der Waals surface area (Å²) < 4.78 is 0. The third-order valence-corrected chi connectivity index (χ3v) is 7.16. The van der Waals surface area contributed by atoms with Gasteiger partial charge in [-0.2, -0.15) is 0 Å². The van der Waals surface area contributed by atoms with Crippen LogP contribution in [-0.2, 0) is 0 Å². The lowest BCUT2D eigenvalue weighted by molar-refractivity contribution is 1.02. The molecule has 0 spiro atoms. The molecule has 0 saturated carbocycles. The van der Waals surface area contributed by atoms with Crippen molar-refractivity contribution in [1.82, 2.24) is 0 Å². The summed E-state index contributed by atoms with van der Waals surface area (Å²) in [6, 6.07) is 3.83. The normalized spacial score (nSPS) is 11.0. The molecule has 0 aliphatic rings. The van der Waals surface area contributed by atoms with E-state index in [-0.39, 0.29) is 0 Å². The first-order valence-electron chi connectivity index (χ1n) is 4.22. The summed E-state index contributed by atoms with van der Waals surface area (Å²) in [5.41, 5.74) is 3.05. The Morgan fingerprint density at radius 2 is 1.70 bits per heavy atom. The fraction of sp³-hybridized carbons (Fsp3) is 0.778. The maximum Gasteiger partial charge on any atom is 0.137 e. The Labute approximate surface area is 66.0 Å². The molecule has 0 N–H and O–H groups in total. The molecule has 58 valence electrons. The highest BCUT2D eigenvalue weighted by Gasteiger charge is 2.24. The Balaban J connectivity index is 4.05. The van der Waals surface area contributed by atoms with Crippen LogP contribution in [0.1, 0.15) is 27.2 Å². The molecule has 0 atom stereocenters. The number of rotatable bonds is 4. The molecule has 0 heterocycles. The molecule has 0 nitrogen and oxygen atoms in total. The van der Waals surface area contributed by atoms with Gasteiger partial charge in [-0.25, -0.2) is 0 Å². The third kappa shape index (κ3) is 2.19. The monoisotopic (exact) mass is 154 g/mol. The molecular formula is C9H18Si. The van der Waals surface area contributed by atoms with E-state index in [4.69, 9.17) is 6.42 Å². The smallest absolute Gasteiger partial charge is 0.135 e. The summed E-state index contributed by atoms with van der Waals surface area (Å²) in [6.07, 6.45) is 6.79. The van der Waals surface area contributed by atoms with E-state index in [9.17, 15) is 0 Å². The largest absolute Gasteiger partial charge is 0.137 e. The minimum absolute atomic E-state index is 1.19. The zero-order valence-electron chi connectivity index (χ0n) is 7.41. The maximum atomic E-state index is 5.53. The van der Waals surface area contributed by atoms with Crippen LogP contribution in [0, 0.1) is 12.0 Å². The molecule has 0 radical (unpaired) electrons. The number of terminal acetylenes is 1. The van der Waals surface area contributed by atoms with Crippen molar-refractivity contribution in [2.45, 2.75) is 45.3 Å². The van der Waals surface area contributed by atoms with Gasteiger partial charge in [-0.05, 0) is 18.1 Å². The van der Waals surface area contributed by atoms with Gasteiger partial charge in [0, 0.05) is 0 Å². The van der Waals surface area contributed by atoms with Gasteiger partial charge >= 0.3 is 0 Å². The second kappa shape index (κ2) is 4.57. The van der Waals surface area contributed by atoms with E-state index in [1.54, 1.807) is 0 Å². The highest BCUT2D eigenvalue weighted by molar-refractivity contribution is 6.87. The van der Waals surface area contributed by atoms with Crippen LogP contribution in [0.5, 0.6) is 0 Å². The van der Waals surface area contributed by atoms with Crippen LogP contribution in [0.2, 0.25) is 18.1 Å². The van der Waals surface area contributed by atoms with Crippen molar-refractivity contribution >= 4 is 8.07 Å². The van der Waals surface area contributed by atoms with E-state index in [1.165, 1.54) is 24.6 Å². The van der Waals surface area contributed by atoms with Crippen molar-refractivity contribution in [1.29, 1.82) is 0 Å². The highest BCUT2D eigenvalue weighted by atomic mass is 28.3. The predicted octanol–water partition coefficient (Wildman–Crippen LogP) is 3.06. The van der Waals surface area contributed by atoms with Gasteiger partial charge in [0.2, 0.25) is 0 Å². The summed E-state index contributed by atoms with van der Waals surface area (Å²) in [7, 11) is -1.19. The van der Waals surface area contributed by atoms with Gasteiger partial charge in [-0.15, -0.1) is 12.0 Å². The van der Waals surface area contributed by atoms with Gasteiger partial charge in [0.15, 0.2) is 0 Å². The lowest BCUT2D eigenvalue weighted by Gasteiger charge is -2.21. The van der Waals surface area contributed by atoms with E-state index in [2.05, 4.69) is 26.3 Å². The zero-order chi connectivity index (χ0) is 8.04. The minimum Gasteiger partial charge on any atom is -0.135 e. The van der Waals surface area contributed by atoms with E-state index < -0.39 is 8.07 Å². The first-order chi connectivity index (χ1) is 4.74. The zero-order valence-corrected chi connectivity index (χ0v) is 8.41. The standard InChI is InChI=1S/C9H18Si/c1-5-9-10(6-2,7-3)8-4/h2H,5,7-9H2,1,3-4H3. The van der Waals surface area contributed by atoms with Gasteiger partial charge in [0.25, 0.3) is 0 Å². The van der Waals surface area contributed by atoms with Gasteiger partial charge in [0.1, 0.15) is 8.07 Å². The van der Waals surface area contributed by atoms with Gasteiger partial charge < -0.3 is 0 Å². The Hall–Kier alpha value is -0.223. The predicted molar refractivity (Wildman–Crippen MR) is 50.6 cm³/mol. The van der Waals surface area contributed by atoms with E-state index in [0.717, 1.165) is 0 Å². The summed E-state index contributed by atoms with van der Waals surface area (Å²) in [5, 5.41) is 0. The first-order valence-corrected chi connectivity index (χ1v) is 6.84. The summed E-state index contributed by atoms with van der Waals surface area (Å²) in [6.45, 7) is 6.71. The molecule has 0 saturated heterocycles. The lowest BCUT2D eigenvalue weighted by atomic mass is 10.6. The average molecular weight is 154 g/mol. The van der Waals surface area contributed by atoms with Crippen molar-refractivity contribution in [3.8, 4) is 12.0 Å². The van der Waals surface area contributed by atoms with Crippen molar-refractivity contribution in [2.75, 3.05) is 0 Å². The SMILES string of the molecule is C#C[Si](CC)(CC)CCC. The molecule has 0 rings (SSSR count). The van der Waals surface area contributed by atoms with Crippen LogP contribution in [0.25, 0.3) is 0 Å². The minimum atomic E-state index is -1.19. The fourth-order valence-electron chi connectivity index (χ4n) is 1.36. The molecule has 0 bridgehead atoms. The second-order valence-electron chi connectivity index (χ2n) is 2.88. The molecule has 0 aromatic heterocycles. The Morgan fingerprint density at radius 3 is 1.80 bits per heavy atom. The van der Waals surface area contributed by atoms with Gasteiger partial charge in [-0.1, -0.05) is 27.2 Å². The molecule has 0 aliphatic carbocycles. The van der Waals surface area contributed by atoms with Gasteiger partial charge in [-0.3, -0.25) is 0 Å². The molecule has 1 heteroatoms. The van der Waals surface area contributed by atoms with E-state index in [1.807, 2.05) is 0 Å². The summed E-state index contributed by atoms with van der Waals surface area (Å²) >= 11 is 0. The number of hydrogen-bond donors (Lipinski definition) is 0. The topological polar surface area (TPSA) is 0 Å². The average Bonchev–Trinajstić information content (AvgIpc) is 2.01. The number of hydrogen-bond acceptors (Lipinski definition) is 0. The molecule has 0 aliphatic heterocycles. The van der Waals surface area contributed by atoms with Crippen LogP contribution < -0.4 is 0 Å². The quantitative estimate of drug-likeness (QED) is 0.431. The lowest BCUT2D eigenvalue weighted by Crippen LogP contribution is -2.29. The molecule has 0 aromatic carbocycles. The van der Waals surface area contributed by atoms with Gasteiger partial charge in [0.05, 0.1) is 0 Å². The summed E-state index contributed by atoms with van der Waals surface area (Å²) in [4.78, 5) is 0. The second-order valence-corrected chi connectivity index (χ2v) is 7.65. The van der Waals surface area contributed by atoms with Crippen molar-refractivity contribution < 1.29 is 0 Å². The molecule has 10 heavy (non-hydrogen) atoms. The first kappa shape index (κ1) is 9.78. The van der Waals surface area contributed by atoms with Crippen molar-refractivity contribution in [3.63, 3.8) is 0 Å².